The van der Waals surface area contributed by atoms with Crippen molar-refractivity contribution in [1.29, 1.82) is 0 Å². The van der Waals surface area contributed by atoms with Crippen molar-refractivity contribution in [3.8, 4) is 0 Å². The summed E-state index contributed by atoms with van der Waals surface area (Å²) in [7, 11) is -3.77. The van der Waals surface area contributed by atoms with Gasteiger partial charge in [0.1, 0.15) is 0 Å². The first kappa shape index (κ1) is 9.99. The van der Waals surface area contributed by atoms with E-state index >= 15 is 0 Å². The average molecular weight is 192 g/mol. The maximum Gasteiger partial charge on any atom is 0.267 e. The van der Waals surface area contributed by atoms with E-state index in [0.29, 0.717) is 18.8 Å². The Kier molecular flexibility index (Phi) is 3.12. The Hall–Kier alpha value is -0.0900. The Morgan fingerprint density at radius 3 is 2.58 bits per heavy atom. The Labute approximate surface area is 73.9 Å². The van der Waals surface area contributed by atoms with Crippen molar-refractivity contribution in [1.82, 2.24) is 0 Å². The van der Waals surface area contributed by atoms with E-state index in [1.807, 2.05) is 0 Å². The zero-order valence-electron chi connectivity index (χ0n) is 7.36. The van der Waals surface area contributed by atoms with E-state index in [1.165, 1.54) is 0 Å². The largest absolute Gasteiger partial charge is 0.285 e. The minimum absolute atomic E-state index is 0.490. The zero-order valence-corrected chi connectivity index (χ0v) is 8.18. The standard InChI is InChI=1S/C8H16O3S/c1-2-7-4-3-5-8(6-7)12(9,10)11/h7-8H,2-6H2,1H3,(H,9,10,11)/t7?,8-/m0/s1. The van der Waals surface area contributed by atoms with Gasteiger partial charge >= 0.3 is 0 Å². The van der Waals surface area contributed by atoms with Crippen molar-refractivity contribution >= 4 is 10.1 Å². The first-order valence-corrected chi connectivity index (χ1v) is 6.00. The van der Waals surface area contributed by atoms with Gasteiger partial charge in [0.15, 0.2) is 0 Å². The molecule has 1 aliphatic rings. The van der Waals surface area contributed by atoms with Crippen LogP contribution in [-0.2, 0) is 10.1 Å². The lowest BCUT2D eigenvalue weighted by atomic mass is 9.87. The van der Waals surface area contributed by atoms with Gasteiger partial charge in [-0.05, 0) is 18.8 Å². The average Bonchev–Trinajstić information content (AvgIpc) is 2.03. The Balaban J connectivity index is 2.58. The molecule has 0 amide bonds. The van der Waals surface area contributed by atoms with Gasteiger partial charge in [0.05, 0.1) is 5.25 Å². The van der Waals surface area contributed by atoms with Crippen LogP contribution in [0.2, 0.25) is 0 Å². The van der Waals surface area contributed by atoms with Crippen LogP contribution < -0.4 is 0 Å². The molecule has 0 radical (unpaired) electrons. The fraction of sp³-hybridized carbons (Fsp3) is 1.00. The van der Waals surface area contributed by atoms with Gasteiger partial charge in [0.25, 0.3) is 10.1 Å². The first-order valence-electron chi connectivity index (χ1n) is 4.50. The molecule has 1 fully saturated rings. The highest BCUT2D eigenvalue weighted by Gasteiger charge is 2.29. The van der Waals surface area contributed by atoms with Crippen molar-refractivity contribution in [2.45, 2.75) is 44.3 Å². The molecule has 2 atom stereocenters. The van der Waals surface area contributed by atoms with E-state index in [-0.39, 0.29) is 0 Å². The van der Waals surface area contributed by atoms with Crippen LogP contribution >= 0.6 is 0 Å². The minimum atomic E-state index is -3.77. The molecular formula is C8H16O3S. The molecule has 0 saturated heterocycles. The smallest absolute Gasteiger partial charge is 0.267 e. The van der Waals surface area contributed by atoms with Crippen molar-refractivity contribution in [2.75, 3.05) is 0 Å². The minimum Gasteiger partial charge on any atom is -0.285 e. The molecule has 12 heavy (non-hydrogen) atoms. The normalized spacial score (nSPS) is 31.8. The molecule has 1 saturated carbocycles. The second kappa shape index (κ2) is 3.75. The number of rotatable bonds is 2. The van der Waals surface area contributed by atoms with Crippen LogP contribution in [0.25, 0.3) is 0 Å². The summed E-state index contributed by atoms with van der Waals surface area (Å²) in [6, 6.07) is 0. The highest BCUT2D eigenvalue weighted by Crippen LogP contribution is 2.29. The summed E-state index contributed by atoms with van der Waals surface area (Å²) >= 11 is 0. The van der Waals surface area contributed by atoms with E-state index in [4.69, 9.17) is 4.55 Å². The van der Waals surface area contributed by atoms with Crippen molar-refractivity contribution in [3.05, 3.63) is 0 Å². The molecule has 1 N–H and O–H groups in total. The lowest BCUT2D eigenvalue weighted by Crippen LogP contribution is -2.27. The second-order valence-electron chi connectivity index (χ2n) is 3.58. The Morgan fingerprint density at radius 2 is 2.08 bits per heavy atom. The first-order chi connectivity index (χ1) is 5.54. The van der Waals surface area contributed by atoms with Crippen LogP contribution in [0.4, 0.5) is 0 Å². The predicted octanol–water partition coefficient (Wildman–Crippen LogP) is 1.84. The molecule has 1 unspecified atom stereocenters. The molecular weight excluding hydrogens is 176 g/mol. The maximum absolute atomic E-state index is 10.8. The second-order valence-corrected chi connectivity index (χ2v) is 5.27. The molecule has 3 nitrogen and oxygen atoms in total. The predicted molar refractivity (Wildman–Crippen MR) is 47.6 cm³/mol. The van der Waals surface area contributed by atoms with Crippen LogP contribution in [-0.4, -0.2) is 18.2 Å². The molecule has 0 spiro atoms. The molecule has 0 aromatic heterocycles. The highest BCUT2D eigenvalue weighted by atomic mass is 32.2. The van der Waals surface area contributed by atoms with Crippen molar-refractivity contribution in [2.24, 2.45) is 5.92 Å². The Bertz CT molecular complexity index is 233. The summed E-state index contributed by atoms with van der Waals surface area (Å²) in [5.74, 6) is 0.491. The van der Waals surface area contributed by atoms with Gasteiger partial charge in [-0.3, -0.25) is 4.55 Å². The van der Waals surface area contributed by atoms with Crippen LogP contribution in [0.1, 0.15) is 39.0 Å². The molecule has 0 aromatic rings. The molecule has 0 heterocycles. The summed E-state index contributed by atoms with van der Waals surface area (Å²) in [5, 5.41) is -0.490. The highest BCUT2D eigenvalue weighted by molar-refractivity contribution is 7.86. The third-order valence-corrected chi connectivity index (χ3v) is 4.00. The molecule has 1 aliphatic carbocycles. The SMILES string of the molecule is CCC1CCC[C@H](S(=O)(=O)O)C1. The Morgan fingerprint density at radius 1 is 1.42 bits per heavy atom. The zero-order chi connectivity index (χ0) is 9.19. The van der Waals surface area contributed by atoms with E-state index in [9.17, 15) is 8.42 Å². The van der Waals surface area contributed by atoms with Crippen molar-refractivity contribution in [3.63, 3.8) is 0 Å². The van der Waals surface area contributed by atoms with Crippen LogP contribution in [0, 0.1) is 5.92 Å². The summed E-state index contributed by atoms with van der Waals surface area (Å²) < 4.78 is 30.4. The summed E-state index contributed by atoms with van der Waals surface area (Å²) in [4.78, 5) is 0. The van der Waals surface area contributed by atoms with Crippen LogP contribution in [0.15, 0.2) is 0 Å². The monoisotopic (exact) mass is 192 g/mol. The number of hydrogen-bond acceptors (Lipinski definition) is 2. The van der Waals surface area contributed by atoms with Gasteiger partial charge in [-0.2, -0.15) is 8.42 Å². The van der Waals surface area contributed by atoms with Gasteiger partial charge in [0, 0.05) is 0 Å². The van der Waals surface area contributed by atoms with Gasteiger partial charge in [-0.25, -0.2) is 0 Å². The summed E-state index contributed by atoms with van der Waals surface area (Å²) in [6.45, 7) is 2.07. The molecule has 1 rings (SSSR count). The van der Waals surface area contributed by atoms with E-state index in [1.54, 1.807) is 0 Å². The third kappa shape index (κ3) is 2.45. The third-order valence-electron chi connectivity index (χ3n) is 2.73. The van der Waals surface area contributed by atoms with Crippen LogP contribution in [0.3, 0.4) is 0 Å². The van der Waals surface area contributed by atoms with Crippen LogP contribution in [0.5, 0.6) is 0 Å². The fourth-order valence-electron chi connectivity index (χ4n) is 1.88. The topological polar surface area (TPSA) is 54.4 Å². The van der Waals surface area contributed by atoms with Gasteiger partial charge < -0.3 is 0 Å². The molecule has 72 valence electrons. The summed E-state index contributed by atoms with van der Waals surface area (Å²) in [5.41, 5.74) is 0. The quantitative estimate of drug-likeness (QED) is 0.679. The van der Waals surface area contributed by atoms with Crippen molar-refractivity contribution < 1.29 is 13.0 Å². The van der Waals surface area contributed by atoms with Gasteiger partial charge in [0.2, 0.25) is 0 Å². The van der Waals surface area contributed by atoms with E-state index in [0.717, 1.165) is 19.3 Å². The number of hydrogen-bond donors (Lipinski definition) is 1. The van der Waals surface area contributed by atoms with E-state index < -0.39 is 15.4 Å². The van der Waals surface area contributed by atoms with E-state index in [2.05, 4.69) is 6.92 Å². The maximum atomic E-state index is 10.8. The molecule has 0 aromatic carbocycles. The lowest BCUT2D eigenvalue weighted by molar-refractivity contribution is 0.334. The van der Waals surface area contributed by atoms with Gasteiger partial charge in [-0.15, -0.1) is 0 Å². The molecule has 4 heteroatoms. The fourth-order valence-corrected chi connectivity index (χ4v) is 2.86. The molecule has 0 aliphatic heterocycles. The summed E-state index contributed by atoms with van der Waals surface area (Å²) in [6.07, 6.45) is 4.35. The lowest BCUT2D eigenvalue weighted by Gasteiger charge is -2.25. The molecule has 0 bridgehead atoms. The van der Waals surface area contributed by atoms with Gasteiger partial charge in [-0.1, -0.05) is 26.2 Å².